The molecule has 0 aliphatic carbocycles. The van der Waals surface area contributed by atoms with Crippen LogP contribution in [0.2, 0.25) is 10.2 Å². The maximum atomic E-state index is 6.08. The van der Waals surface area contributed by atoms with Crippen LogP contribution in [0, 0.1) is 6.92 Å². The van der Waals surface area contributed by atoms with Crippen molar-refractivity contribution in [3.63, 3.8) is 0 Å². The van der Waals surface area contributed by atoms with Gasteiger partial charge in [-0.2, -0.15) is 0 Å². The number of nitrogens with zero attached hydrogens (tertiary/aromatic N) is 2. The van der Waals surface area contributed by atoms with Crippen LogP contribution in [0.4, 0.5) is 0 Å². The maximum Gasteiger partial charge on any atom is 0.133 e. The summed E-state index contributed by atoms with van der Waals surface area (Å²) in [6.07, 6.45) is 1.43. The molecule has 76 valence electrons. The predicted molar refractivity (Wildman–Crippen MR) is 62.2 cm³/mol. The summed E-state index contributed by atoms with van der Waals surface area (Å²) >= 11 is 11.9. The molecule has 0 saturated heterocycles. The van der Waals surface area contributed by atoms with E-state index in [-0.39, 0.29) is 0 Å². The van der Waals surface area contributed by atoms with Crippen molar-refractivity contribution in [1.29, 1.82) is 0 Å². The van der Waals surface area contributed by atoms with E-state index in [1.807, 2.05) is 25.1 Å². The summed E-state index contributed by atoms with van der Waals surface area (Å²) in [5.41, 5.74) is 2.74. The Kier molecular flexibility index (Phi) is 2.89. The Morgan fingerprint density at radius 3 is 2.60 bits per heavy atom. The van der Waals surface area contributed by atoms with Crippen LogP contribution in [-0.4, -0.2) is 9.97 Å². The van der Waals surface area contributed by atoms with Crippen molar-refractivity contribution in [2.75, 3.05) is 0 Å². The Hall–Kier alpha value is -1.12. The van der Waals surface area contributed by atoms with Crippen LogP contribution in [0.25, 0.3) is 11.3 Å². The summed E-state index contributed by atoms with van der Waals surface area (Å²) in [5, 5.41) is 1.08. The van der Waals surface area contributed by atoms with E-state index in [0.29, 0.717) is 10.2 Å². The fraction of sp³-hybridized carbons (Fsp3) is 0.0909. The molecule has 0 bridgehead atoms. The number of rotatable bonds is 1. The molecule has 0 fully saturated rings. The highest BCUT2D eigenvalue weighted by Gasteiger charge is 2.05. The van der Waals surface area contributed by atoms with E-state index in [9.17, 15) is 0 Å². The minimum absolute atomic E-state index is 0.414. The maximum absolute atomic E-state index is 6.08. The van der Waals surface area contributed by atoms with Gasteiger partial charge in [-0.05, 0) is 19.1 Å². The molecular formula is C11H8Cl2N2. The SMILES string of the molecule is Cc1ccc(Cl)c(-c2cc(Cl)ncn2)c1. The molecule has 15 heavy (non-hydrogen) atoms. The van der Waals surface area contributed by atoms with Gasteiger partial charge >= 0.3 is 0 Å². The van der Waals surface area contributed by atoms with E-state index in [1.54, 1.807) is 6.07 Å². The summed E-state index contributed by atoms with van der Waals surface area (Å²) < 4.78 is 0. The van der Waals surface area contributed by atoms with Crippen LogP contribution < -0.4 is 0 Å². The van der Waals surface area contributed by atoms with Gasteiger partial charge in [-0.3, -0.25) is 0 Å². The van der Waals surface area contributed by atoms with Gasteiger partial charge < -0.3 is 0 Å². The minimum atomic E-state index is 0.414. The summed E-state index contributed by atoms with van der Waals surface area (Å²) in [7, 11) is 0. The molecule has 1 aromatic heterocycles. The van der Waals surface area contributed by atoms with E-state index in [0.717, 1.165) is 16.8 Å². The molecular weight excluding hydrogens is 231 g/mol. The van der Waals surface area contributed by atoms with Crippen LogP contribution in [0.5, 0.6) is 0 Å². The van der Waals surface area contributed by atoms with Crippen molar-refractivity contribution in [3.8, 4) is 11.3 Å². The van der Waals surface area contributed by atoms with Crippen molar-refractivity contribution in [2.24, 2.45) is 0 Å². The first-order valence-corrected chi connectivity index (χ1v) is 5.16. The average molecular weight is 239 g/mol. The Labute approximate surface area is 97.9 Å². The Bertz CT molecular complexity index is 498. The molecule has 0 aliphatic rings. The summed E-state index contributed by atoms with van der Waals surface area (Å²) in [6, 6.07) is 7.47. The Morgan fingerprint density at radius 2 is 1.87 bits per heavy atom. The molecule has 0 N–H and O–H groups in total. The lowest BCUT2D eigenvalue weighted by Gasteiger charge is -2.04. The van der Waals surface area contributed by atoms with Crippen molar-refractivity contribution < 1.29 is 0 Å². The average Bonchev–Trinajstić information content (AvgIpc) is 2.22. The molecule has 2 nitrogen and oxygen atoms in total. The van der Waals surface area contributed by atoms with Crippen molar-refractivity contribution in [3.05, 3.63) is 46.3 Å². The summed E-state index contributed by atoms with van der Waals surface area (Å²) in [6.45, 7) is 2.00. The second-order valence-electron chi connectivity index (χ2n) is 3.21. The van der Waals surface area contributed by atoms with E-state index in [2.05, 4.69) is 9.97 Å². The second-order valence-corrected chi connectivity index (χ2v) is 4.00. The third-order valence-corrected chi connectivity index (χ3v) is 2.57. The van der Waals surface area contributed by atoms with Gasteiger partial charge in [-0.15, -0.1) is 0 Å². The highest BCUT2D eigenvalue weighted by Crippen LogP contribution is 2.27. The van der Waals surface area contributed by atoms with Crippen LogP contribution in [0.3, 0.4) is 0 Å². The lowest BCUT2D eigenvalue weighted by atomic mass is 10.1. The lowest BCUT2D eigenvalue weighted by Crippen LogP contribution is -1.87. The van der Waals surface area contributed by atoms with Gasteiger partial charge in [0, 0.05) is 16.7 Å². The van der Waals surface area contributed by atoms with Gasteiger partial charge in [0.25, 0.3) is 0 Å². The molecule has 2 rings (SSSR count). The zero-order chi connectivity index (χ0) is 10.8. The second kappa shape index (κ2) is 4.17. The zero-order valence-electron chi connectivity index (χ0n) is 8.04. The van der Waals surface area contributed by atoms with E-state index in [4.69, 9.17) is 23.2 Å². The molecule has 0 saturated carbocycles. The molecule has 4 heteroatoms. The molecule has 0 radical (unpaired) electrons. The quantitative estimate of drug-likeness (QED) is 0.708. The van der Waals surface area contributed by atoms with Gasteiger partial charge in [0.15, 0.2) is 0 Å². The number of aryl methyl sites for hydroxylation is 1. The van der Waals surface area contributed by atoms with Gasteiger partial charge in [0.1, 0.15) is 11.5 Å². The van der Waals surface area contributed by atoms with Crippen LogP contribution in [0.1, 0.15) is 5.56 Å². The Morgan fingerprint density at radius 1 is 1.07 bits per heavy atom. The van der Waals surface area contributed by atoms with Crippen LogP contribution >= 0.6 is 23.2 Å². The van der Waals surface area contributed by atoms with Gasteiger partial charge in [-0.1, -0.05) is 34.8 Å². The molecule has 1 heterocycles. The molecule has 2 aromatic rings. The minimum Gasteiger partial charge on any atom is -0.236 e. The Balaban J connectivity index is 2.58. The lowest BCUT2D eigenvalue weighted by molar-refractivity contribution is 1.17. The topological polar surface area (TPSA) is 25.8 Å². The normalized spacial score (nSPS) is 10.3. The van der Waals surface area contributed by atoms with E-state index >= 15 is 0 Å². The molecule has 0 spiro atoms. The van der Waals surface area contributed by atoms with E-state index < -0.39 is 0 Å². The fourth-order valence-corrected chi connectivity index (χ4v) is 1.68. The number of halogens is 2. The van der Waals surface area contributed by atoms with Crippen LogP contribution in [-0.2, 0) is 0 Å². The molecule has 0 aliphatic heterocycles. The number of aromatic nitrogens is 2. The van der Waals surface area contributed by atoms with Gasteiger partial charge in [0.05, 0.1) is 5.69 Å². The first-order chi connectivity index (χ1) is 7.16. The summed E-state index contributed by atoms with van der Waals surface area (Å²) in [4.78, 5) is 7.96. The predicted octanol–water partition coefficient (Wildman–Crippen LogP) is 3.76. The number of benzene rings is 1. The third kappa shape index (κ3) is 2.28. The molecule has 0 atom stereocenters. The zero-order valence-corrected chi connectivity index (χ0v) is 9.55. The standard InChI is InChI=1S/C11H8Cl2N2/c1-7-2-3-9(12)8(4-7)10-5-11(13)15-6-14-10/h2-6H,1H3. The number of hydrogen-bond acceptors (Lipinski definition) is 2. The summed E-state index contributed by atoms with van der Waals surface area (Å²) in [5.74, 6) is 0. The smallest absolute Gasteiger partial charge is 0.133 e. The first-order valence-electron chi connectivity index (χ1n) is 4.41. The molecule has 1 aromatic carbocycles. The van der Waals surface area contributed by atoms with Crippen molar-refractivity contribution >= 4 is 23.2 Å². The number of hydrogen-bond donors (Lipinski definition) is 0. The molecule has 0 unspecified atom stereocenters. The van der Waals surface area contributed by atoms with Crippen LogP contribution in [0.15, 0.2) is 30.6 Å². The van der Waals surface area contributed by atoms with Gasteiger partial charge in [-0.25, -0.2) is 9.97 Å². The van der Waals surface area contributed by atoms with Crippen molar-refractivity contribution in [2.45, 2.75) is 6.92 Å². The fourth-order valence-electron chi connectivity index (χ4n) is 1.32. The first kappa shape index (κ1) is 10.4. The third-order valence-electron chi connectivity index (χ3n) is 2.03. The monoisotopic (exact) mass is 238 g/mol. The highest BCUT2D eigenvalue weighted by atomic mass is 35.5. The van der Waals surface area contributed by atoms with E-state index in [1.165, 1.54) is 6.33 Å². The molecule has 0 amide bonds. The van der Waals surface area contributed by atoms with Crippen molar-refractivity contribution in [1.82, 2.24) is 9.97 Å². The highest BCUT2D eigenvalue weighted by molar-refractivity contribution is 6.33. The largest absolute Gasteiger partial charge is 0.236 e. The van der Waals surface area contributed by atoms with Gasteiger partial charge in [0.2, 0.25) is 0 Å².